The van der Waals surface area contributed by atoms with E-state index in [1.54, 1.807) is 11.1 Å². The number of piperidine rings is 1. The summed E-state index contributed by atoms with van der Waals surface area (Å²) in [6.45, 7) is 0.747. The first-order valence-corrected chi connectivity index (χ1v) is 6.06. The molecule has 2 rings (SSSR count). The van der Waals surface area contributed by atoms with E-state index in [0.29, 0.717) is 12.5 Å². The van der Waals surface area contributed by atoms with Crippen LogP contribution in [0.2, 0.25) is 0 Å². The highest BCUT2D eigenvalue weighted by Gasteiger charge is 2.22. The summed E-state index contributed by atoms with van der Waals surface area (Å²) < 4.78 is 0.967. The molecule has 5 heteroatoms. The van der Waals surface area contributed by atoms with Crippen molar-refractivity contribution in [1.29, 1.82) is 0 Å². The van der Waals surface area contributed by atoms with Crippen LogP contribution in [0.1, 0.15) is 12.8 Å². The fraction of sp³-hybridized carbons (Fsp3) is 0.455. The lowest BCUT2D eigenvalue weighted by Gasteiger charge is -2.30. The number of nitrogens with one attached hydrogen (secondary N) is 1. The van der Waals surface area contributed by atoms with Gasteiger partial charge in [-0.05, 0) is 34.5 Å². The molecule has 86 valence electrons. The van der Waals surface area contributed by atoms with Crippen LogP contribution in [0, 0.1) is 0 Å². The number of nitrogens with zero attached hydrogens (tertiary/aromatic N) is 2. The lowest BCUT2D eigenvalue weighted by Crippen LogP contribution is -2.43. The number of likely N-dealkylation sites (tertiary alicyclic amines) is 1. The third-order valence-electron chi connectivity index (χ3n) is 2.71. The molecule has 1 amide bonds. The Labute approximate surface area is 103 Å². The second-order valence-corrected chi connectivity index (χ2v) is 4.93. The Morgan fingerprint density at radius 2 is 2.38 bits per heavy atom. The first kappa shape index (κ1) is 11.4. The first-order valence-electron chi connectivity index (χ1n) is 5.27. The van der Waals surface area contributed by atoms with E-state index < -0.39 is 0 Å². The first-order chi connectivity index (χ1) is 7.65. The zero-order chi connectivity index (χ0) is 11.5. The molecule has 0 aromatic carbocycles. The number of halogens is 1. The number of anilines is 1. The van der Waals surface area contributed by atoms with Gasteiger partial charge in [-0.1, -0.05) is 0 Å². The predicted octanol–water partition coefficient (Wildman–Crippen LogP) is 1.88. The van der Waals surface area contributed by atoms with Crippen LogP contribution in [-0.4, -0.2) is 35.4 Å². The molecule has 16 heavy (non-hydrogen) atoms. The minimum Gasteiger partial charge on any atom is -0.366 e. The summed E-state index contributed by atoms with van der Waals surface area (Å²) in [5.74, 6) is 1.08. The smallest absolute Gasteiger partial charge is 0.222 e. The Morgan fingerprint density at radius 3 is 3.00 bits per heavy atom. The van der Waals surface area contributed by atoms with Crippen molar-refractivity contribution in [1.82, 2.24) is 9.88 Å². The van der Waals surface area contributed by atoms with Gasteiger partial charge in [-0.15, -0.1) is 0 Å². The molecule has 1 N–H and O–H groups in total. The highest BCUT2D eigenvalue weighted by Crippen LogP contribution is 2.16. The van der Waals surface area contributed by atoms with Gasteiger partial charge in [0, 0.05) is 36.7 Å². The van der Waals surface area contributed by atoms with Crippen molar-refractivity contribution in [3.63, 3.8) is 0 Å². The molecule has 0 saturated carbocycles. The van der Waals surface area contributed by atoms with Crippen LogP contribution < -0.4 is 5.32 Å². The molecule has 2 heterocycles. The van der Waals surface area contributed by atoms with Gasteiger partial charge in [0.05, 0.1) is 0 Å². The Hall–Kier alpha value is -1.10. The van der Waals surface area contributed by atoms with Gasteiger partial charge >= 0.3 is 0 Å². The van der Waals surface area contributed by atoms with Gasteiger partial charge in [-0.25, -0.2) is 4.98 Å². The van der Waals surface area contributed by atoms with Crippen LogP contribution in [0.5, 0.6) is 0 Å². The number of rotatable bonds is 2. The topological polar surface area (TPSA) is 45.2 Å². The average molecular weight is 284 g/mol. The highest BCUT2D eigenvalue weighted by atomic mass is 79.9. The molecule has 1 aliphatic rings. The molecule has 0 radical (unpaired) electrons. The number of hydrogen-bond donors (Lipinski definition) is 1. The van der Waals surface area contributed by atoms with E-state index in [9.17, 15) is 4.79 Å². The molecule has 1 atom stereocenters. The summed E-state index contributed by atoms with van der Waals surface area (Å²) in [6.07, 6.45) is 3.26. The fourth-order valence-electron chi connectivity index (χ4n) is 1.80. The maximum Gasteiger partial charge on any atom is 0.222 e. The van der Waals surface area contributed by atoms with Crippen molar-refractivity contribution in [2.75, 3.05) is 18.9 Å². The Balaban J connectivity index is 1.95. The number of pyridine rings is 1. The van der Waals surface area contributed by atoms with Crippen molar-refractivity contribution in [2.45, 2.75) is 18.9 Å². The molecule has 0 bridgehead atoms. The number of aromatic nitrogens is 1. The van der Waals surface area contributed by atoms with Crippen molar-refractivity contribution in [2.24, 2.45) is 0 Å². The monoisotopic (exact) mass is 283 g/mol. The molecule has 1 aromatic heterocycles. The lowest BCUT2D eigenvalue weighted by atomic mass is 10.1. The Kier molecular flexibility index (Phi) is 3.43. The second kappa shape index (κ2) is 4.82. The van der Waals surface area contributed by atoms with Crippen molar-refractivity contribution >= 4 is 27.7 Å². The molecule has 4 nitrogen and oxygen atoms in total. The van der Waals surface area contributed by atoms with E-state index in [1.807, 2.05) is 19.2 Å². The van der Waals surface area contributed by atoms with Crippen LogP contribution >= 0.6 is 15.9 Å². The number of likely N-dealkylation sites (N-methyl/N-ethyl adjacent to an activating group) is 1. The molecule has 1 unspecified atom stereocenters. The van der Waals surface area contributed by atoms with E-state index in [1.165, 1.54) is 0 Å². The highest BCUT2D eigenvalue weighted by molar-refractivity contribution is 9.10. The molecule has 1 fully saturated rings. The quantitative estimate of drug-likeness (QED) is 0.902. The van der Waals surface area contributed by atoms with Crippen molar-refractivity contribution < 1.29 is 4.79 Å². The molecular formula is C11H14BrN3O. The van der Waals surface area contributed by atoms with Crippen LogP contribution in [0.3, 0.4) is 0 Å². The van der Waals surface area contributed by atoms with Gasteiger partial charge in [-0.3, -0.25) is 4.79 Å². The van der Waals surface area contributed by atoms with E-state index in [-0.39, 0.29) is 5.91 Å². The molecule has 1 aromatic rings. The van der Waals surface area contributed by atoms with Crippen molar-refractivity contribution in [3.8, 4) is 0 Å². The number of hydrogen-bond acceptors (Lipinski definition) is 3. The minimum atomic E-state index is 0.224. The van der Waals surface area contributed by atoms with Crippen LogP contribution in [0.4, 0.5) is 5.82 Å². The zero-order valence-corrected chi connectivity index (χ0v) is 10.7. The van der Waals surface area contributed by atoms with Crippen LogP contribution in [0.25, 0.3) is 0 Å². The second-order valence-electron chi connectivity index (χ2n) is 4.02. The van der Waals surface area contributed by atoms with E-state index in [4.69, 9.17) is 0 Å². The van der Waals surface area contributed by atoms with Gasteiger partial charge in [0.1, 0.15) is 5.82 Å². The van der Waals surface area contributed by atoms with Gasteiger partial charge in [-0.2, -0.15) is 0 Å². The standard InChI is InChI=1S/C11H14BrN3O/c1-15-7-9(3-5-11(15)16)14-10-4-2-8(12)6-13-10/h2,4,6,9H,3,5,7H2,1H3,(H,13,14). The normalized spacial score (nSPS) is 21.0. The summed E-state index contributed by atoms with van der Waals surface area (Å²) in [6, 6.07) is 4.18. The third-order valence-corrected chi connectivity index (χ3v) is 3.18. The maximum absolute atomic E-state index is 11.3. The Morgan fingerprint density at radius 1 is 1.56 bits per heavy atom. The van der Waals surface area contributed by atoms with Gasteiger partial charge < -0.3 is 10.2 Å². The zero-order valence-electron chi connectivity index (χ0n) is 9.11. The Bertz CT molecular complexity index is 379. The summed E-state index contributed by atoms with van der Waals surface area (Å²) >= 11 is 3.34. The van der Waals surface area contributed by atoms with Gasteiger partial charge in [0.2, 0.25) is 5.91 Å². The molecule has 0 aliphatic carbocycles. The summed E-state index contributed by atoms with van der Waals surface area (Å²) in [7, 11) is 1.84. The van der Waals surface area contributed by atoms with Crippen LogP contribution in [-0.2, 0) is 4.79 Å². The van der Waals surface area contributed by atoms with E-state index >= 15 is 0 Å². The number of amides is 1. The molecule has 0 spiro atoms. The SMILES string of the molecule is CN1CC(Nc2ccc(Br)cn2)CCC1=O. The largest absolute Gasteiger partial charge is 0.366 e. The van der Waals surface area contributed by atoms with Crippen LogP contribution in [0.15, 0.2) is 22.8 Å². The fourth-order valence-corrected chi connectivity index (χ4v) is 2.03. The van der Waals surface area contributed by atoms with Gasteiger partial charge in [0.25, 0.3) is 0 Å². The number of carbonyl (C=O) groups excluding carboxylic acids is 1. The maximum atomic E-state index is 11.3. The summed E-state index contributed by atoms with van der Waals surface area (Å²) in [4.78, 5) is 17.3. The third kappa shape index (κ3) is 2.72. The summed E-state index contributed by atoms with van der Waals surface area (Å²) in [5.41, 5.74) is 0. The molecule has 1 saturated heterocycles. The number of carbonyl (C=O) groups is 1. The lowest BCUT2D eigenvalue weighted by molar-refractivity contribution is -0.132. The van der Waals surface area contributed by atoms with Crippen molar-refractivity contribution in [3.05, 3.63) is 22.8 Å². The van der Waals surface area contributed by atoms with Gasteiger partial charge in [0.15, 0.2) is 0 Å². The molecular weight excluding hydrogens is 270 g/mol. The predicted molar refractivity (Wildman–Crippen MR) is 66.2 cm³/mol. The molecule has 1 aliphatic heterocycles. The average Bonchev–Trinajstić information content (AvgIpc) is 2.27. The summed E-state index contributed by atoms with van der Waals surface area (Å²) in [5, 5.41) is 3.33. The van der Waals surface area contributed by atoms with E-state index in [2.05, 4.69) is 26.2 Å². The van der Waals surface area contributed by atoms with E-state index in [0.717, 1.165) is 23.3 Å². The minimum absolute atomic E-state index is 0.224.